The van der Waals surface area contributed by atoms with Crippen molar-refractivity contribution in [2.75, 3.05) is 19.5 Å². The van der Waals surface area contributed by atoms with Crippen LogP contribution in [-0.4, -0.2) is 61.3 Å². The summed E-state index contributed by atoms with van der Waals surface area (Å²) in [5.41, 5.74) is 5.94. The summed E-state index contributed by atoms with van der Waals surface area (Å²) in [5, 5.41) is 19.4. The lowest BCUT2D eigenvalue weighted by molar-refractivity contribution is -0.0585. The number of nitrogens with two attached hydrogens (primary N) is 1. The molecule has 120 valence electrons. The maximum absolute atomic E-state index is 11.8. The number of methoxy groups -OCH3 is 1. The van der Waals surface area contributed by atoms with E-state index in [1.54, 1.807) is 4.57 Å². The summed E-state index contributed by atoms with van der Waals surface area (Å²) in [6.07, 6.45) is -1.84. The molecular weight excluding hydrogens is 294 g/mol. The zero-order valence-electron chi connectivity index (χ0n) is 12.1. The Hall–Kier alpha value is -2.01. The summed E-state index contributed by atoms with van der Waals surface area (Å²) in [7, 11) is 2.96. The molecule has 4 atom stereocenters. The Morgan fingerprint density at radius 3 is 2.91 bits per heavy atom. The maximum Gasteiger partial charge on any atom is 0.350 e. The first-order chi connectivity index (χ1) is 10.5. The second kappa shape index (κ2) is 5.32. The number of aryl methyl sites for hydroxylation is 1. The quantitative estimate of drug-likeness (QED) is 0.590. The molecule has 10 nitrogen and oxygen atoms in total. The molecule has 2 aromatic rings. The monoisotopic (exact) mass is 311 g/mol. The van der Waals surface area contributed by atoms with Crippen molar-refractivity contribution in [2.45, 2.75) is 24.5 Å². The van der Waals surface area contributed by atoms with E-state index in [2.05, 4.69) is 9.97 Å². The Balaban J connectivity index is 2.16. The molecule has 0 saturated carbocycles. The molecule has 3 heterocycles. The van der Waals surface area contributed by atoms with E-state index in [0.717, 1.165) is 0 Å². The van der Waals surface area contributed by atoms with Gasteiger partial charge in [0.25, 0.3) is 0 Å². The molecule has 3 rings (SSSR count). The lowest BCUT2D eigenvalue weighted by Gasteiger charge is -2.20. The SMILES string of the molecule is CO[C@@H]1[C@H](O)[C@@H](CO)O[C@H]1n1cnc2c(N)nc(=O)n(C)c21. The van der Waals surface area contributed by atoms with Crippen LogP contribution in [0.15, 0.2) is 11.1 Å². The number of rotatable bonds is 3. The Morgan fingerprint density at radius 1 is 1.55 bits per heavy atom. The molecule has 2 aromatic heterocycles. The maximum atomic E-state index is 11.8. The van der Waals surface area contributed by atoms with Crippen molar-refractivity contribution in [3.63, 3.8) is 0 Å². The van der Waals surface area contributed by atoms with Gasteiger partial charge in [-0.15, -0.1) is 0 Å². The van der Waals surface area contributed by atoms with Gasteiger partial charge in [0, 0.05) is 14.2 Å². The van der Waals surface area contributed by atoms with Gasteiger partial charge in [-0.3, -0.25) is 9.13 Å². The van der Waals surface area contributed by atoms with Crippen LogP contribution >= 0.6 is 0 Å². The standard InChI is InChI=1S/C12H17N5O5/c1-16-10-6(9(13)15-12(16)20)14-4-17(10)11-8(21-2)7(19)5(3-18)22-11/h4-5,7-8,11,18-19H,3H2,1-2H3,(H2,13,15,20)/t5-,7-,8-,11-/m1/s1. The van der Waals surface area contributed by atoms with Crippen LogP contribution in [0.3, 0.4) is 0 Å². The molecule has 1 aliphatic rings. The molecule has 4 N–H and O–H groups in total. The number of hydrogen-bond acceptors (Lipinski definition) is 8. The van der Waals surface area contributed by atoms with Gasteiger partial charge in [0.15, 0.2) is 12.0 Å². The fourth-order valence-corrected chi connectivity index (χ4v) is 2.72. The first-order valence-electron chi connectivity index (χ1n) is 6.65. The average molecular weight is 311 g/mol. The van der Waals surface area contributed by atoms with Crippen LogP contribution in [0.25, 0.3) is 11.2 Å². The van der Waals surface area contributed by atoms with Gasteiger partial charge < -0.3 is 25.4 Å². The van der Waals surface area contributed by atoms with E-state index in [1.807, 2.05) is 0 Å². The van der Waals surface area contributed by atoms with E-state index in [4.69, 9.17) is 15.2 Å². The third-order valence-electron chi connectivity index (χ3n) is 3.87. The number of anilines is 1. The van der Waals surface area contributed by atoms with E-state index in [9.17, 15) is 15.0 Å². The fourth-order valence-electron chi connectivity index (χ4n) is 2.72. The topological polar surface area (TPSA) is 138 Å². The molecule has 0 bridgehead atoms. The highest BCUT2D eigenvalue weighted by Crippen LogP contribution is 2.33. The average Bonchev–Trinajstić information content (AvgIpc) is 3.06. The fraction of sp³-hybridized carbons (Fsp3) is 0.583. The van der Waals surface area contributed by atoms with E-state index in [-0.39, 0.29) is 12.4 Å². The highest BCUT2D eigenvalue weighted by Gasteiger charge is 2.45. The highest BCUT2D eigenvalue weighted by molar-refractivity contribution is 5.81. The molecule has 0 amide bonds. The lowest BCUT2D eigenvalue weighted by atomic mass is 10.1. The minimum Gasteiger partial charge on any atom is -0.394 e. The molecule has 1 fully saturated rings. The molecule has 22 heavy (non-hydrogen) atoms. The number of nitrogens with zero attached hydrogens (tertiary/aromatic N) is 4. The summed E-state index contributed by atoms with van der Waals surface area (Å²) >= 11 is 0. The molecular formula is C12H17N5O5. The van der Waals surface area contributed by atoms with Crippen molar-refractivity contribution in [1.82, 2.24) is 19.1 Å². The predicted molar refractivity (Wildman–Crippen MR) is 75.0 cm³/mol. The number of aromatic nitrogens is 4. The van der Waals surface area contributed by atoms with Gasteiger partial charge in [-0.1, -0.05) is 0 Å². The van der Waals surface area contributed by atoms with Crippen LogP contribution in [0.5, 0.6) is 0 Å². The summed E-state index contributed by atoms with van der Waals surface area (Å²) in [6.45, 7) is -0.354. The first kappa shape index (κ1) is 14.9. The van der Waals surface area contributed by atoms with Crippen LogP contribution in [0.2, 0.25) is 0 Å². The molecule has 0 radical (unpaired) electrons. The van der Waals surface area contributed by atoms with Gasteiger partial charge >= 0.3 is 5.69 Å². The Kier molecular flexibility index (Phi) is 3.60. The van der Waals surface area contributed by atoms with Gasteiger partial charge in [-0.2, -0.15) is 4.98 Å². The third kappa shape index (κ3) is 2.00. The summed E-state index contributed by atoms with van der Waals surface area (Å²) in [6, 6.07) is 0. The van der Waals surface area contributed by atoms with Crippen LogP contribution in [-0.2, 0) is 16.5 Å². The number of imidazole rings is 1. The van der Waals surface area contributed by atoms with Crippen molar-refractivity contribution < 1.29 is 19.7 Å². The summed E-state index contributed by atoms with van der Waals surface area (Å²) in [5.74, 6) is 0.0167. The Bertz CT molecular complexity index is 756. The molecule has 1 saturated heterocycles. The minimum absolute atomic E-state index is 0.0167. The number of nitrogen functional groups attached to an aromatic ring is 1. The zero-order valence-corrected chi connectivity index (χ0v) is 12.1. The second-order valence-corrected chi connectivity index (χ2v) is 5.10. The smallest absolute Gasteiger partial charge is 0.350 e. The van der Waals surface area contributed by atoms with Crippen molar-refractivity contribution in [3.05, 3.63) is 16.8 Å². The number of hydrogen-bond donors (Lipinski definition) is 3. The number of aliphatic hydroxyl groups is 2. The van der Waals surface area contributed by atoms with Gasteiger partial charge in [0.2, 0.25) is 0 Å². The van der Waals surface area contributed by atoms with Gasteiger partial charge in [0.1, 0.15) is 29.5 Å². The largest absolute Gasteiger partial charge is 0.394 e. The lowest BCUT2D eigenvalue weighted by Crippen LogP contribution is -2.35. The van der Waals surface area contributed by atoms with Gasteiger partial charge in [-0.05, 0) is 0 Å². The number of aliphatic hydroxyl groups excluding tert-OH is 2. The van der Waals surface area contributed by atoms with Crippen LogP contribution in [0, 0.1) is 0 Å². The van der Waals surface area contributed by atoms with Crippen molar-refractivity contribution in [2.24, 2.45) is 7.05 Å². The van der Waals surface area contributed by atoms with Gasteiger partial charge in [-0.25, -0.2) is 9.78 Å². The summed E-state index contributed by atoms with van der Waals surface area (Å²) in [4.78, 5) is 19.6. The van der Waals surface area contributed by atoms with Crippen molar-refractivity contribution >= 4 is 17.0 Å². The molecule has 0 aliphatic carbocycles. The van der Waals surface area contributed by atoms with Crippen molar-refractivity contribution in [1.29, 1.82) is 0 Å². The Labute approximate surface area is 124 Å². The molecule has 1 aliphatic heterocycles. The molecule has 10 heteroatoms. The van der Waals surface area contributed by atoms with Crippen LogP contribution < -0.4 is 11.4 Å². The second-order valence-electron chi connectivity index (χ2n) is 5.10. The minimum atomic E-state index is -1.01. The Morgan fingerprint density at radius 2 is 2.27 bits per heavy atom. The third-order valence-corrected chi connectivity index (χ3v) is 3.87. The van der Waals surface area contributed by atoms with Crippen LogP contribution in [0.4, 0.5) is 5.82 Å². The molecule has 0 aromatic carbocycles. The highest BCUT2D eigenvalue weighted by atomic mass is 16.6. The number of ether oxygens (including phenoxy) is 2. The van der Waals surface area contributed by atoms with Crippen LogP contribution in [0.1, 0.15) is 6.23 Å². The molecule has 0 unspecified atom stereocenters. The zero-order chi connectivity index (χ0) is 16.0. The normalized spacial score (nSPS) is 28.5. The van der Waals surface area contributed by atoms with E-state index in [0.29, 0.717) is 11.2 Å². The van der Waals surface area contributed by atoms with Crippen molar-refractivity contribution in [3.8, 4) is 0 Å². The van der Waals surface area contributed by atoms with E-state index in [1.165, 1.54) is 25.1 Å². The number of fused-ring (bicyclic) bond motifs is 1. The predicted octanol–water partition coefficient (Wildman–Crippen LogP) is -2.02. The summed E-state index contributed by atoms with van der Waals surface area (Å²) < 4.78 is 13.7. The van der Waals surface area contributed by atoms with Gasteiger partial charge in [0.05, 0.1) is 12.9 Å². The molecule has 0 spiro atoms. The van der Waals surface area contributed by atoms with E-state index >= 15 is 0 Å². The first-order valence-corrected chi connectivity index (χ1v) is 6.65. The van der Waals surface area contributed by atoms with E-state index < -0.39 is 30.2 Å².